The summed E-state index contributed by atoms with van der Waals surface area (Å²) >= 11 is 0. The van der Waals surface area contributed by atoms with Gasteiger partial charge in [-0.3, -0.25) is 9.89 Å². The Balaban J connectivity index is 2.01. The van der Waals surface area contributed by atoms with E-state index in [-0.39, 0.29) is 5.91 Å². The number of nitrogens with one attached hydrogen (secondary N) is 2. The summed E-state index contributed by atoms with van der Waals surface area (Å²) in [5.41, 5.74) is 2.75. The summed E-state index contributed by atoms with van der Waals surface area (Å²) in [5.74, 6) is 0.282. The number of carbonyl (C=O) groups is 1. The summed E-state index contributed by atoms with van der Waals surface area (Å²) in [6.45, 7) is 5.31. The number of hydrogen-bond donors (Lipinski definition) is 2. The van der Waals surface area contributed by atoms with Gasteiger partial charge in [0.2, 0.25) is 0 Å². The monoisotopic (exact) mass is 284 g/mol. The molecule has 0 aliphatic carbocycles. The maximum atomic E-state index is 12.1. The molecule has 6 nitrogen and oxygen atoms in total. The van der Waals surface area contributed by atoms with E-state index in [4.69, 9.17) is 10.00 Å². The molecule has 2 rings (SSSR count). The number of nitriles is 1. The van der Waals surface area contributed by atoms with Crippen LogP contribution < -0.4 is 10.1 Å². The number of ether oxygens (including phenoxy) is 1. The van der Waals surface area contributed by atoms with Gasteiger partial charge >= 0.3 is 0 Å². The molecular formula is C15H16N4O2. The van der Waals surface area contributed by atoms with Gasteiger partial charge < -0.3 is 10.1 Å². The molecule has 1 heterocycles. The van der Waals surface area contributed by atoms with Crippen LogP contribution in [0.3, 0.4) is 0 Å². The van der Waals surface area contributed by atoms with Crippen LogP contribution in [0.2, 0.25) is 0 Å². The average Bonchev–Trinajstić information content (AvgIpc) is 2.79. The number of anilines is 1. The molecule has 2 N–H and O–H groups in total. The minimum absolute atomic E-state index is 0.257. The van der Waals surface area contributed by atoms with Crippen molar-refractivity contribution >= 4 is 11.6 Å². The standard InChI is InChI=1S/C15H16N4O2/c1-9-14(10(2)19-18-9)17-15(20)11(3)21-13-6-4-12(8-16)5-7-13/h4-7,11H,1-3H3,(H,17,20)(H,18,19). The Labute approximate surface area is 122 Å². The van der Waals surface area contributed by atoms with E-state index >= 15 is 0 Å². The summed E-state index contributed by atoms with van der Waals surface area (Å²) < 4.78 is 5.55. The number of rotatable bonds is 4. The number of aromatic nitrogens is 2. The lowest BCUT2D eigenvalue weighted by molar-refractivity contribution is -0.122. The van der Waals surface area contributed by atoms with Gasteiger partial charge in [-0.05, 0) is 45.0 Å². The fourth-order valence-corrected chi connectivity index (χ4v) is 1.83. The fraction of sp³-hybridized carbons (Fsp3) is 0.267. The summed E-state index contributed by atoms with van der Waals surface area (Å²) in [6.07, 6.45) is -0.661. The minimum atomic E-state index is -0.661. The third-order valence-corrected chi connectivity index (χ3v) is 3.04. The SMILES string of the molecule is Cc1n[nH]c(C)c1NC(=O)C(C)Oc1ccc(C#N)cc1. The Morgan fingerprint density at radius 2 is 2.05 bits per heavy atom. The highest BCUT2D eigenvalue weighted by Gasteiger charge is 2.17. The molecule has 0 bridgehead atoms. The summed E-state index contributed by atoms with van der Waals surface area (Å²) in [4.78, 5) is 12.1. The third kappa shape index (κ3) is 3.39. The third-order valence-electron chi connectivity index (χ3n) is 3.04. The molecule has 0 fully saturated rings. The van der Waals surface area contributed by atoms with Gasteiger partial charge in [0.05, 0.1) is 28.7 Å². The minimum Gasteiger partial charge on any atom is -0.481 e. The highest BCUT2D eigenvalue weighted by Crippen LogP contribution is 2.18. The van der Waals surface area contributed by atoms with Crippen molar-refractivity contribution in [3.05, 3.63) is 41.2 Å². The van der Waals surface area contributed by atoms with Gasteiger partial charge in [0.1, 0.15) is 5.75 Å². The van der Waals surface area contributed by atoms with Crippen LogP contribution in [0.4, 0.5) is 5.69 Å². The van der Waals surface area contributed by atoms with Gasteiger partial charge in [0.25, 0.3) is 5.91 Å². The number of hydrogen-bond acceptors (Lipinski definition) is 4. The van der Waals surface area contributed by atoms with E-state index < -0.39 is 6.10 Å². The Morgan fingerprint density at radius 3 is 2.57 bits per heavy atom. The first kappa shape index (κ1) is 14.6. The van der Waals surface area contributed by atoms with Crippen LogP contribution in [0.1, 0.15) is 23.9 Å². The van der Waals surface area contributed by atoms with Crippen molar-refractivity contribution in [1.82, 2.24) is 10.2 Å². The maximum absolute atomic E-state index is 12.1. The molecule has 1 atom stereocenters. The lowest BCUT2D eigenvalue weighted by Gasteiger charge is -2.14. The Kier molecular flexibility index (Phi) is 4.24. The lowest BCUT2D eigenvalue weighted by Crippen LogP contribution is -2.30. The zero-order valence-corrected chi connectivity index (χ0v) is 12.1. The second kappa shape index (κ2) is 6.09. The van der Waals surface area contributed by atoms with Crippen LogP contribution in [0.5, 0.6) is 5.75 Å². The average molecular weight is 284 g/mol. The highest BCUT2D eigenvalue weighted by atomic mass is 16.5. The van der Waals surface area contributed by atoms with E-state index in [0.29, 0.717) is 17.0 Å². The van der Waals surface area contributed by atoms with Crippen molar-refractivity contribution in [2.75, 3.05) is 5.32 Å². The van der Waals surface area contributed by atoms with Crippen LogP contribution in [0, 0.1) is 25.2 Å². The number of benzene rings is 1. The normalized spacial score (nSPS) is 11.5. The molecule has 0 aliphatic rings. The van der Waals surface area contributed by atoms with Crippen LogP contribution in [0.25, 0.3) is 0 Å². The Bertz CT molecular complexity index is 663. The van der Waals surface area contributed by atoms with E-state index in [2.05, 4.69) is 15.5 Å². The zero-order valence-electron chi connectivity index (χ0n) is 12.1. The van der Waals surface area contributed by atoms with Crippen LogP contribution in [-0.2, 0) is 4.79 Å². The predicted molar refractivity (Wildman–Crippen MR) is 77.9 cm³/mol. The first-order chi connectivity index (χ1) is 10.0. The first-order valence-electron chi connectivity index (χ1n) is 6.50. The quantitative estimate of drug-likeness (QED) is 0.901. The molecule has 1 aromatic heterocycles. The molecule has 0 saturated carbocycles. The molecule has 0 aliphatic heterocycles. The summed E-state index contributed by atoms with van der Waals surface area (Å²) in [7, 11) is 0. The number of nitrogens with zero attached hydrogens (tertiary/aromatic N) is 2. The first-order valence-corrected chi connectivity index (χ1v) is 6.50. The van der Waals surface area contributed by atoms with Crippen molar-refractivity contribution in [1.29, 1.82) is 5.26 Å². The number of amides is 1. The zero-order chi connectivity index (χ0) is 15.4. The summed E-state index contributed by atoms with van der Waals surface area (Å²) in [5, 5.41) is 18.3. The largest absolute Gasteiger partial charge is 0.481 e. The molecule has 1 unspecified atom stereocenters. The van der Waals surface area contributed by atoms with Gasteiger partial charge in [0.15, 0.2) is 6.10 Å². The molecule has 2 aromatic rings. The van der Waals surface area contributed by atoms with Crippen molar-refractivity contribution in [2.45, 2.75) is 26.9 Å². The second-order valence-corrected chi connectivity index (χ2v) is 4.69. The number of aromatic amines is 1. The second-order valence-electron chi connectivity index (χ2n) is 4.69. The van der Waals surface area contributed by atoms with Crippen LogP contribution >= 0.6 is 0 Å². The number of carbonyl (C=O) groups excluding carboxylic acids is 1. The molecule has 0 spiro atoms. The Morgan fingerprint density at radius 1 is 1.38 bits per heavy atom. The van der Waals surface area contributed by atoms with Gasteiger partial charge in [-0.25, -0.2) is 0 Å². The topological polar surface area (TPSA) is 90.8 Å². The predicted octanol–water partition coefficient (Wildman–Crippen LogP) is 2.30. The highest BCUT2D eigenvalue weighted by molar-refractivity contribution is 5.95. The van der Waals surface area contributed by atoms with Gasteiger partial charge in [0, 0.05) is 0 Å². The molecule has 1 aromatic carbocycles. The number of aryl methyl sites for hydroxylation is 2. The van der Waals surface area contributed by atoms with Crippen LogP contribution in [0.15, 0.2) is 24.3 Å². The van der Waals surface area contributed by atoms with Crippen molar-refractivity contribution in [2.24, 2.45) is 0 Å². The van der Waals surface area contributed by atoms with Gasteiger partial charge in [-0.1, -0.05) is 0 Å². The summed E-state index contributed by atoms with van der Waals surface area (Å²) in [6, 6.07) is 8.64. The molecule has 0 saturated heterocycles. The molecule has 1 amide bonds. The molecule has 0 radical (unpaired) electrons. The maximum Gasteiger partial charge on any atom is 0.265 e. The van der Waals surface area contributed by atoms with Gasteiger partial charge in [-0.15, -0.1) is 0 Å². The molecular weight excluding hydrogens is 268 g/mol. The molecule has 21 heavy (non-hydrogen) atoms. The molecule has 108 valence electrons. The van der Waals surface area contributed by atoms with E-state index in [9.17, 15) is 4.79 Å². The Hall–Kier alpha value is -2.81. The van der Waals surface area contributed by atoms with E-state index in [1.807, 2.05) is 19.9 Å². The van der Waals surface area contributed by atoms with Crippen molar-refractivity contribution in [3.63, 3.8) is 0 Å². The lowest BCUT2D eigenvalue weighted by atomic mass is 10.2. The van der Waals surface area contributed by atoms with E-state index in [1.54, 1.807) is 31.2 Å². The fourth-order valence-electron chi connectivity index (χ4n) is 1.83. The molecule has 6 heteroatoms. The van der Waals surface area contributed by atoms with E-state index in [1.165, 1.54) is 0 Å². The number of H-pyrrole nitrogens is 1. The van der Waals surface area contributed by atoms with Crippen molar-refractivity contribution < 1.29 is 9.53 Å². The smallest absolute Gasteiger partial charge is 0.265 e. The van der Waals surface area contributed by atoms with Crippen molar-refractivity contribution in [3.8, 4) is 11.8 Å². The van der Waals surface area contributed by atoms with Crippen LogP contribution in [-0.4, -0.2) is 22.2 Å². The van der Waals surface area contributed by atoms with Gasteiger partial charge in [-0.2, -0.15) is 10.4 Å². The van der Waals surface area contributed by atoms with E-state index in [0.717, 1.165) is 11.4 Å².